The van der Waals surface area contributed by atoms with Gasteiger partial charge in [-0.3, -0.25) is 15.1 Å². The van der Waals surface area contributed by atoms with E-state index >= 15 is 0 Å². The smallest absolute Gasteiger partial charge is 0.310 e. The van der Waals surface area contributed by atoms with Crippen LogP contribution in [0.25, 0.3) is 0 Å². The maximum Gasteiger partial charge on any atom is 0.310 e. The molecule has 26 heavy (non-hydrogen) atoms. The van der Waals surface area contributed by atoms with Crippen molar-refractivity contribution in [3.8, 4) is 0 Å². The third-order valence-electron chi connectivity index (χ3n) is 5.05. The van der Waals surface area contributed by atoms with Gasteiger partial charge >= 0.3 is 5.69 Å². The first-order valence-corrected chi connectivity index (χ1v) is 10.3. The molecule has 138 valence electrons. The van der Waals surface area contributed by atoms with E-state index < -0.39 is 20.4 Å². The zero-order valence-electron chi connectivity index (χ0n) is 14.5. The number of hydrogen-bond acceptors (Lipinski definition) is 6. The second-order valence-electron chi connectivity index (χ2n) is 6.76. The van der Waals surface area contributed by atoms with Gasteiger partial charge in [0.15, 0.2) is 9.84 Å². The van der Waals surface area contributed by atoms with E-state index in [1.807, 2.05) is 12.1 Å². The molecule has 1 N–H and O–H groups in total. The van der Waals surface area contributed by atoms with Crippen molar-refractivity contribution in [3.05, 3.63) is 58.4 Å². The van der Waals surface area contributed by atoms with Crippen molar-refractivity contribution in [2.75, 3.05) is 18.1 Å². The Hall–Kier alpha value is -2.48. The number of rotatable bonds is 6. The first-order chi connectivity index (χ1) is 12.3. The van der Waals surface area contributed by atoms with Crippen molar-refractivity contribution >= 4 is 21.2 Å². The number of nitrogens with zero attached hydrogens (tertiary/aromatic N) is 2. The summed E-state index contributed by atoms with van der Waals surface area (Å²) < 4.78 is 23.8. The molecule has 7 nitrogen and oxygen atoms in total. The lowest BCUT2D eigenvalue weighted by Gasteiger charge is -2.30. The molecule has 1 aromatic carbocycles. The molecule has 3 rings (SSSR count). The molecule has 8 heteroatoms. The van der Waals surface area contributed by atoms with Crippen LogP contribution in [0.3, 0.4) is 0 Å². The maximum absolute atomic E-state index is 11.9. The molecule has 0 aliphatic heterocycles. The third kappa shape index (κ3) is 3.55. The lowest BCUT2D eigenvalue weighted by Crippen LogP contribution is -2.31. The van der Waals surface area contributed by atoms with Crippen LogP contribution in [0.15, 0.2) is 47.6 Å². The van der Waals surface area contributed by atoms with Crippen LogP contribution >= 0.6 is 0 Å². The van der Waals surface area contributed by atoms with Crippen LogP contribution in [-0.4, -0.2) is 31.1 Å². The van der Waals surface area contributed by atoms with E-state index in [1.165, 1.54) is 12.1 Å². The van der Waals surface area contributed by atoms with Gasteiger partial charge in [-0.05, 0) is 42.7 Å². The van der Waals surface area contributed by atoms with Gasteiger partial charge in [0.05, 0.1) is 4.92 Å². The third-order valence-corrected chi connectivity index (χ3v) is 6.18. The fraction of sp³-hybridized carbons (Fsp3) is 0.389. The lowest BCUT2D eigenvalue weighted by atomic mass is 9.79. The predicted octanol–water partition coefficient (Wildman–Crippen LogP) is 3.32. The summed E-state index contributed by atoms with van der Waals surface area (Å²) in [7, 11) is -3.70. The monoisotopic (exact) mass is 375 g/mol. The Morgan fingerprint density at radius 1 is 1.19 bits per heavy atom. The van der Waals surface area contributed by atoms with Gasteiger partial charge in [0.2, 0.25) is 0 Å². The molecule has 1 saturated carbocycles. The highest BCUT2D eigenvalue weighted by molar-refractivity contribution is 7.90. The maximum atomic E-state index is 11.9. The molecule has 1 aromatic heterocycles. The molecule has 1 fully saturated rings. The Labute approximate surface area is 152 Å². The lowest BCUT2D eigenvalue weighted by molar-refractivity contribution is -0.386. The van der Waals surface area contributed by atoms with Crippen LogP contribution in [-0.2, 0) is 15.3 Å². The van der Waals surface area contributed by atoms with E-state index in [9.17, 15) is 18.5 Å². The molecule has 0 saturated heterocycles. The first kappa shape index (κ1) is 18.3. The SMILES string of the molecule is CS(=O)(=O)c1cccc(NCC2(c3ccncc3)CCCC2)c1[N+](=O)[O-]. The fourth-order valence-corrected chi connectivity index (χ4v) is 4.60. The Kier molecular flexibility index (Phi) is 4.95. The molecule has 2 aromatic rings. The minimum atomic E-state index is -3.70. The minimum Gasteiger partial charge on any atom is -0.379 e. The molecular weight excluding hydrogens is 354 g/mol. The molecule has 0 atom stereocenters. The molecule has 0 spiro atoms. The first-order valence-electron chi connectivity index (χ1n) is 8.45. The minimum absolute atomic E-state index is 0.127. The van der Waals surface area contributed by atoms with Crippen LogP contribution in [0.2, 0.25) is 0 Å². The summed E-state index contributed by atoms with van der Waals surface area (Å²) in [6.07, 6.45) is 8.62. The Morgan fingerprint density at radius 3 is 2.42 bits per heavy atom. The number of benzene rings is 1. The second kappa shape index (κ2) is 7.03. The summed E-state index contributed by atoms with van der Waals surface area (Å²) in [6.45, 7) is 0.505. The topological polar surface area (TPSA) is 102 Å². The van der Waals surface area contributed by atoms with Gasteiger partial charge in [0.1, 0.15) is 10.6 Å². The Morgan fingerprint density at radius 2 is 1.85 bits per heavy atom. The van der Waals surface area contributed by atoms with E-state index in [-0.39, 0.29) is 16.0 Å². The van der Waals surface area contributed by atoms with E-state index in [4.69, 9.17) is 0 Å². The van der Waals surface area contributed by atoms with Gasteiger partial charge in [-0.1, -0.05) is 18.9 Å². The standard InChI is InChI=1S/C18H21N3O4S/c1-26(24,25)16-6-4-5-15(17(16)21(22)23)20-13-18(9-2-3-10-18)14-7-11-19-12-8-14/h4-8,11-12,20H,2-3,9-10,13H2,1H3. The van der Waals surface area contributed by atoms with Gasteiger partial charge in [0, 0.05) is 30.6 Å². The van der Waals surface area contributed by atoms with Gasteiger partial charge in [0.25, 0.3) is 0 Å². The number of aromatic nitrogens is 1. The molecule has 0 bridgehead atoms. The Bertz CT molecular complexity index is 907. The van der Waals surface area contributed by atoms with Crippen molar-refractivity contribution < 1.29 is 13.3 Å². The number of anilines is 1. The second-order valence-corrected chi connectivity index (χ2v) is 8.74. The van der Waals surface area contributed by atoms with E-state index in [0.717, 1.165) is 37.5 Å². The number of nitrogens with one attached hydrogen (secondary N) is 1. The number of nitro benzene ring substituents is 1. The highest BCUT2D eigenvalue weighted by Crippen LogP contribution is 2.42. The van der Waals surface area contributed by atoms with Crippen molar-refractivity contribution in [2.24, 2.45) is 0 Å². The Balaban J connectivity index is 1.95. The molecular formula is C18H21N3O4S. The summed E-state index contributed by atoms with van der Waals surface area (Å²) in [5.41, 5.74) is 0.869. The average molecular weight is 375 g/mol. The number of nitro groups is 1. The highest BCUT2D eigenvalue weighted by Gasteiger charge is 2.36. The number of para-hydroxylation sites is 1. The van der Waals surface area contributed by atoms with Gasteiger partial charge in [-0.25, -0.2) is 8.42 Å². The van der Waals surface area contributed by atoms with Crippen LogP contribution < -0.4 is 5.32 Å². The van der Waals surface area contributed by atoms with Gasteiger partial charge in [-0.15, -0.1) is 0 Å². The summed E-state index contributed by atoms with van der Waals surface area (Å²) in [5, 5.41) is 14.7. The normalized spacial score (nSPS) is 16.3. The number of hydrogen-bond donors (Lipinski definition) is 1. The summed E-state index contributed by atoms with van der Waals surface area (Å²) in [4.78, 5) is 14.7. The van der Waals surface area contributed by atoms with Crippen molar-refractivity contribution in [3.63, 3.8) is 0 Å². The fourth-order valence-electron chi connectivity index (χ4n) is 3.74. The van der Waals surface area contributed by atoms with Crippen LogP contribution in [0, 0.1) is 10.1 Å². The summed E-state index contributed by atoms with van der Waals surface area (Å²) >= 11 is 0. The van der Waals surface area contributed by atoms with Crippen molar-refractivity contribution in [1.82, 2.24) is 4.98 Å². The summed E-state index contributed by atoms with van der Waals surface area (Å²) in [5.74, 6) is 0. The van der Waals surface area contributed by atoms with Crippen molar-refractivity contribution in [2.45, 2.75) is 36.0 Å². The largest absolute Gasteiger partial charge is 0.379 e. The van der Waals surface area contributed by atoms with E-state index in [0.29, 0.717) is 6.54 Å². The zero-order chi connectivity index (χ0) is 18.8. The van der Waals surface area contributed by atoms with E-state index in [1.54, 1.807) is 18.5 Å². The predicted molar refractivity (Wildman–Crippen MR) is 99.1 cm³/mol. The van der Waals surface area contributed by atoms with Crippen LogP contribution in [0.1, 0.15) is 31.2 Å². The van der Waals surface area contributed by atoms with Crippen LogP contribution in [0.4, 0.5) is 11.4 Å². The van der Waals surface area contributed by atoms with Crippen molar-refractivity contribution in [1.29, 1.82) is 0 Å². The van der Waals surface area contributed by atoms with Gasteiger partial charge < -0.3 is 5.32 Å². The molecule has 1 aliphatic rings. The average Bonchev–Trinajstić information content (AvgIpc) is 3.09. The zero-order valence-corrected chi connectivity index (χ0v) is 15.3. The molecule has 1 heterocycles. The van der Waals surface area contributed by atoms with Crippen LogP contribution in [0.5, 0.6) is 0 Å². The molecule has 1 aliphatic carbocycles. The molecule has 0 radical (unpaired) electrons. The number of sulfone groups is 1. The molecule has 0 amide bonds. The quantitative estimate of drug-likeness (QED) is 0.614. The van der Waals surface area contributed by atoms with Gasteiger partial charge in [-0.2, -0.15) is 0 Å². The number of pyridine rings is 1. The highest BCUT2D eigenvalue weighted by atomic mass is 32.2. The summed E-state index contributed by atoms with van der Waals surface area (Å²) in [6, 6.07) is 8.32. The van der Waals surface area contributed by atoms with E-state index in [2.05, 4.69) is 10.3 Å². The molecule has 0 unspecified atom stereocenters.